The number of rotatable bonds is 10. The summed E-state index contributed by atoms with van der Waals surface area (Å²) in [5.41, 5.74) is 3.54. The first kappa shape index (κ1) is 24.0. The highest BCUT2D eigenvalue weighted by Gasteiger charge is 2.52. The summed E-state index contributed by atoms with van der Waals surface area (Å²) in [4.78, 5) is 4.99. The largest absolute Gasteiger partial charge is 0.497 e. The molecular weight excluding hydrogens is 413 g/mol. The van der Waals surface area contributed by atoms with E-state index in [1.807, 2.05) is 31.3 Å². The predicted octanol–water partition coefficient (Wildman–Crippen LogP) is 3.70. The van der Waals surface area contributed by atoms with Crippen LogP contribution in [0, 0.1) is 0 Å². The smallest absolute Gasteiger partial charge is 0.399 e. The maximum atomic E-state index is 6.40. The van der Waals surface area contributed by atoms with E-state index >= 15 is 0 Å². The van der Waals surface area contributed by atoms with Gasteiger partial charge in [0.05, 0.1) is 35.4 Å². The van der Waals surface area contributed by atoms with Crippen molar-refractivity contribution in [3.05, 3.63) is 59.9 Å². The van der Waals surface area contributed by atoms with Gasteiger partial charge in [0.1, 0.15) is 5.82 Å². The topological polar surface area (TPSA) is 57.5 Å². The Bertz CT molecular complexity index is 1050. The van der Waals surface area contributed by atoms with Crippen LogP contribution in [0.15, 0.2) is 48.5 Å². The molecule has 0 unspecified atom stereocenters. The lowest BCUT2D eigenvalue weighted by Crippen LogP contribution is -2.41. The molecule has 2 heterocycles. The molecule has 0 saturated carbocycles. The summed E-state index contributed by atoms with van der Waals surface area (Å²) >= 11 is 0. The second-order valence-corrected chi connectivity index (χ2v) is 9.73. The molecule has 1 fully saturated rings. The molecule has 176 valence electrons. The summed E-state index contributed by atoms with van der Waals surface area (Å²) in [6.07, 6.45) is 1.77. The first-order valence-electron chi connectivity index (χ1n) is 11.9. The fourth-order valence-corrected chi connectivity index (χ4v) is 4.20. The summed E-state index contributed by atoms with van der Waals surface area (Å²) in [7, 11) is 1.57. The van der Waals surface area contributed by atoms with Crippen LogP contribution in [0.2, 0.25) is 0 Å². The van der Waals surface area contributed by atoms with Crippen molar-refractivity contribution >= 4 is 23.6 Å². The summed E-state index contributed by atoms with van der Waals surface area (Å²) in [6, 6.07) is 16.5. The van der Waals surface area contributed by atoms with Gasteiger partial charge in [-0.2, -0.15) is 0 Å². The molecule has 6 nitrogen and oxygen atoms in total. The lowest BCUT2D eigenvalue weighted by Gasteiger charge is -2.32. The van der Waals surface area contributed by atoms with Crippen LogP contribution < -0.4 is 10.8 Å². The number of imidazole rings is 1. The molecule has 2 aromatic carbocycles. The van der Waals surface area contributed by atoms with Crippen LogP contribution in [-0.4, -0.2) is 48.1 Å². The van der Waals surface area contributed by atoms with Gasteiger partial charge in [-0.1, -0.05) is 42.5 Å². The third kappa shape index (κ3) is 5.17. The molecule has 1 N–H and O–H groups in total. The van der Waals surface area contributed by atoms with E-state index in [1.165, 1.54) is 5.56 Å². The van der Waals surface area contributed by atoms with Crippen LogP contribution in [0.3, 0.4) is 0 Å². The zero-order valence-electron chi connectivity index (χ0n) is 20.6. The van der Waals surface area contributed by atoms with Crippen LogP contribution in [0.4, 0.5) is 0 Å². The summed E-state index contributed by atoms with van der Waals surface area (Å²) in [5, 5.41) is 3.25. The van der Waals surface area contributed by atoms with Crippen LogP contribution in [0.1, 0.15) is 45.5 Å². The van der Waals surface area contributed by atoms with Gasteiger partial charge in [-0.05, 0) is 59.3 Å². The minimum Gasteiger partial charge on any atom is -0.399 e. The van der Waals surface area contributed by atoms with Gasteiger partial charge in [0.2, 0.25) is 0 Å². The first-order chi connectivity index (χ1) is 15.8. The Morgan fingerprint density at radius 3 is 2.42 bits per heavy atom. The van der Waals surface area contributed by atoms with Gasteiger partial charge in [0.25, 0.3) is 0 Å². The maximum Gasteiger partial charge on any atom is 0.497 e. The Morgan fingerprint density at radius 1 is 1.00 bits per heavy atom. The van der Waals surface area contributed by atoms with E-state index < -0.39 is 7.12 Å². The third-order valence-electron chi connectivity index (χ3n) is 6.77. The SMILES string of the molecule is CNCCCn1c(CCOCc2ccccc2)nc2cccc(B3OC(C)(C)C(C)(C)O3)c21. The number of nitrogens with zero attached hydrogens (tertiary/aromatic N) is 2. The van der Waals surface area contributed by atoms with E-state index in [2.05, 4.69) is 61.8 Å². The fourth-order valence-electron chi connectivity index (χ4n) is 4.20. The number of nitrogens with one attached hydrogen (secondary N) is 1. The lowest BCUT2D eigenvalue weighted by atomic mass is 9.78. The monoisotopic (exact) mass is 449 g/mol. The number of para-hydroxylation sites is 1. The second-order valence-electron chi connectivity index (χ2n) is 9.73. The van der Waals surface area contributed by atoms with E-state index in [1.54, 1.807) is 0 Å². The average Bonchev–Trinajstić information content (AvgIpc) is 3.24. The molecule has 0 amide bonds. The Hall–Kier alpha value is -2.19. The molecule has 4 rings (SSSR count). The molecule has 0 atom stereocenters. The van der Waals surface area contributed by atoms with Gasteiger partial charge < -0.3 is 23.9 Å². The molecule has 1 aromatic heterocycles. The second kappa shape index (κ2) is 9.98. The van der Waals surface area contributed by atoms with E-state index in [0.29, 0.717) is 13.2 Å². The Labute approximate surface area is 197 Å². The maximum absolute atomic E-state index is 6.40. The molecule has 0 spiro atoms. The van der Waals surface area contributed by atoms with Gasteiger partial charge in [-0.15, -0.1) is 0 Å². The molecule has 0 aliphatic carbocycles. The van der Waals surface area contributed by atoms with Crippen LogP contribution >= 0.6 is 0 Å². The van der Waals surface area contributed by atoms with Crippen molar-refractivity contribution in [2.45, 2.75) is 64.9 Å². The molecule has 0 radical (unpaired) electrons. The van der Waals surface area contributed by atoms with Crippen molar-refractivity contribution in [3.63, 3.8) is 0 Å². The minimum absolute atomic E-state index is 0.384. The van der Waals surface area contributed by atoms with Gasteiger partial charge in [0, 0.05) is 18.4 Å². The lowest BCUT2D eigenvalue weighted by molar-refractivity contribution is 0.00578. The van der Waals surface area contributed by atoms with E-state index in [-0.39, 0.29) is 11.2 Å². The highest BCUT2D eigenvalue weighted by atomic mass is 16.7. The molecule has 1 aliphatic heterocycles. The highest BCUT2D eigenvalue weighted by molar-refractivity contribution is 6.65. The first-order valence-corrected chi connectivity index (χ1v) is 11.9. The third-order valence-corrected chi connectivity index (χ3v) is 6.77. The molecule has 1 saturated heterocycles. The summed E-state index contributed by atoms with van der Waals surface area (Å²) < 4.78 is 21.1. The van der Waals surface area contributed by atoms with Crippen molar-refractivity contribution in [2.75, 3.05) is 20.2 Å². The molecular formula is C26H36BN3O3. The summed E-state index contributed by atoms with van der Waals surface area (Å²) in [6.45, 7) is 11.4. The van der Waals surface area contributed by atoms with Gasteiger partial charge in [-0.25, -0.2) is 4.98 Å². The van der Waals surface area contributed by atoms with Gasteiger partial charge >= 0.3 is 7.12 Å². The molecule has 3 aromatic rings. The number of aryl methyl sites for hydroxylation is 1. The number of hydrogen-bond acceptors (Lipinski definition) is 5. The standard InChI is InChI=1S/C26H36BN3O3/c1-25(2)26(3,4)33-27(32-25)21-13-9-14-22-24(21)30(17-10-16-28-5)23(29-22)15-18-31-19-20-11-7-6-8-12-20/h6-9,11-14,28H,10,15-19H2,1-5H3. The number of hydrogen-bond donors (Lipinski definition) is 1. The normalized spacial score (nSPS) is 17.2. The average molecular weight is 449 g/mol. The van der Waals surface area contributed by atoms with E-state index in [0.717, 1.165) is 48.3 Å². The van der Waals surface area contributed by atoms with Crippen molar-refractivity contribution in [2.24, 2.45) is 0 Å². The van der Waals surface area contributed by atoms with Crippen LogP contribution in [0.25, 0.3) is 11.0 Å². The van der Waals surface area contributed by atoms with E-state index in [4.69, 9.17) is 19.0 Å². The Kier molecular flexibility index (Phi) is 7.24. The zero-order chi connectivity index (χ0) is 23.5. The van der Waals surface area contributed by atoms with Crippen molar-refractivity contribution in [1.82, 2.24) is 14.9 Å². The minimum atomic E-state index is -0.416. The Balaban J connectivity index is 1.59. The Morgan fingerprint density at radius 2 is 1.73 bits per heavy atom. The highest BCUT2D eigenvalue weighted by Crippen LogP contribution is 2.37. The fraction of sp³-hybridized carbons (Fsp3) is 0.500. The van der Waals surface area contributed by atoms with Gasteiger partial charge in [-0.3, -0.25) is 0 Å². The summed E-state index contributed by atoms with van der Waals surface area (Å²) in [5.74, 6) is 1.04. The number of fused-ring (bicyclic) bond motifs is 1. The number of ether oxygens (including phenoxy) is 1. The number of aromatic nitrogens is 2. The number of benzene rings is 2. The zero-order valence-corrected chi connectivity index (χ0v) is 20.6. The van der Waals surface area contributed by atoms with Crippen LogP contribution in [-0.2, 0) is 33.6 Å². The van der Waals surface area contributed by atoms with Gasteiger partial charge in [0.15, 0.2) is 0 Å². The van der Waals surface area contributed by atoms with Crippen molar-refractivity contribution in [3.8, 4) is 0 Å². The van der Waals surface area contributed by atoms with E-state index in [9.17, 15) is 0 Å². The predicted molar refractivity (Wildman–Crippen MR) is 134 cm³/mol. The van der Waals surface area contributed by atoms with Crippen LogP contribution in [0.5, 0.6) is 0 Å². The van der Waals surface area contributed by atoms with Crippen molar-refractivity contribution in [1.29, 1.82) is 0 Å². The molecule has 1 aliphatic rings. The molecule has 33 heavy (non-hydrogen) atoms. The quantitative estimate of drug-likeness (QED) is 0.378. The molecule has 0 bridgehead atoms. The van der Waals surface area contributed by atoms with Crippen molar-refractivity contribution < 1.29 is 14.0 Å². The molecule has 7 heteroatoms.